The molecule has 0 aliphatic carbocycles. The summed E-state index contributed by atoms with van der Waals surface area (Å²) in [4.78, 5) is 2.04. The molecular weight excluding hydrogens is 258 g/mol. The molecule has 0 aliphatic rings. The first-order valence-electron chi connectivity index (χ1n) is 5.86. The molecule has 0 aliphatic heterocycles. The highest BCUT2D eigenvalue weighted by Crippen LogP contribution is 2.25. The molecule has 96 valence electrons. The van der Waals surface area contributed by atoms with Crippen molar-refractivity contribution in [3.63, 3.8) is 0 Å². The van der Waals surface area contributed by atoms with Crippen LogP contribution in [0.3, 0.4) is 0 Å². The number of hydrogen-bond donors (Lipinski definition) is 1. The first kappa shape index (κ1) is 13.3. The Morgan fingerprint density at radius 2 is 1.89 bits per heavy atom. The van der Waals surface area contributed by atoms with Crippen molar-refractivity contribution >= 4 is 23.0 Å². The predicted molar refractivity (Wildman–Crippen MR) is 79.1 cm³/mol. The smallest absolute Gasteiger partial charge is 0.0991 e. The van der Waals surface area contributed by atoms with E-state index < -0.39 is 0 Å². The van der Waals surface area contributed by atoms with Crippen molar-refractivity contribution in [2.45, 2.75) is 6.54 Å². The van der Waals surface area contributed by atoms with E-state index in [0.717, 1.165) is 11.3 Å². The van der Waals surface area contributed by atoms with E-state index in [1.807, 2.05) is 42.3 Å². The second-order valence-electron chi connectivity index (χ2n) is 4.32. The fourth-order valence-electron chi connectivity index (χ4n) is 1.86. The van der Waals surface area contributed by atoms with Gasteiger partial charge in [0.15, 0.2) is 0 Å². The van der Waals surface area contributed by atoms with Crippen LogP contribution in [0.4, 0.5) is 11.4 Å². The lowest BCUT2D eigenvalue weighted by Crippen LogP contribution is -2.17. The fourth-order valence-corrected chi connectivity index (χ4v) is 2.10. The molecule has 0 unspecified atom stereocenters. The minimum Gasteiger partial charge on any atom is -0.398 e. The summed E-state index contributed by atoms with van der Waals surface area (Å²) in [7, 11) is 1.96. The molecule has 0 saturated carbocycles. The van der Waals surface area contributed by atoms with Gasteiger partial charge in [-0.15, -0.1) is 0 Å². The number of benzene rings is 2. The van der Waals surface area contributed by atoms with E-state index >= 15 is 0 Å². The fraction of sp³-hybridized carbons (Fsp3) is 0.133. The molecule has 0 spiro atoms. The quantitative estimate of drug-likeness (QED) is 0.870. The summed E-state index contributed by atoms with van der Waals surface area (Å²) < 4.78 is 0. The highest BCUT2D eigenvalue weighted by Gasteiger charge is 2.08. The van der Waals surface area contributed by atoms with Gasteiger partial charge in [-0.1, -0.05) is 17.7 Å². The van der Waals surface area contributed by atoms with Gasteiger partial charge in [-0.3, -0.25) is 0 Å². The van der Waals surface area contributed by atoms with Crippen LogP contribution < -0.4 is 10.6 Å². The third-order valence-electron chi connectivity index (χ3n) is 2.99. The summed E-state index contributed by atoms with van der Waals surface area (Å²) in [6.07, 6.45) is 0. The van der Waals surface area contributed by atoms with Gasteiger partial charge in [-0.25, -0.2) is 0 Å². The molecule has 19 heavy (non-hydrogen) atoms. The van der Waals surface area contributed by atoms with E-state index in [0.29, 0.717) is 22.8 Å². The van der Waals surface area contributed by atoms with Crippen molar-refractivity contribution in [3.05, 3.63) is 58.6 Å². The minimum absolute atomic E-state index is 0.622. The van der Waals surface area contributed by atoms with Crippen molar-refractivity contribution in [3.8, 4) is 6.07 Å². The number of rotatable bonds is 3. The van der Waals surface area contributed by atoms with E-state index in [1.165, 1.54) is 0 Å². The molecule has 0 fully saturated rings. The van der Waals surface area contributed by atoms with Crippen molar-refractivity contribution in [1.29, 1.82) is 5.26 Å². The van der Waals surface area contributed by atoms with Crippen LogP contribution in [-0.2, 0) is 6.54 Å². The zero-order valence-corrected chi connectivity index (χ0v) is 11.4. The average molecular weight is 272 g/mol. The Hall–Kier alpha value is -2.18. The summed E-state index contributed by atoms with van der Waals surface area (Å²) in [5.74, 6) is 0. The molecule has 4 heteroatoms. The Morgan fingerprint density at radius 3 is 2.47 bits per heavy atom. The van der Waals surface area contributed by atoms with E-state index in [-0.39, 0.29) is 0 Å². The van der Waals surface area contributed by atoms with Crippen molar-refractivity contribution in [2.24, 2.45) is 0 Å². The SMILES string of the molecule is CN(Cc1c(N)cccc1Cl)c1ccc(C#N)cc1. The number of nitrogens with zero attached hydrogens (tertiary/aromatic N) is 2. The number of nitrogens with two attached hydrogens (primary N) is 1. The second-order valence-corrected chi connectivity index (χ2v) is 4.73. The molecule has 0 saturated heterocycles. The Kier molecular flexibility index (Phi) is 3.94. The number of anilines is 2. The van der Waals surface area contributed by atoms with Crippen LogP contribution in [0.5, 0.6) is 0 Å². The number of nitrogen functional groups attached to an aromatic ring is 1. The highest BCUT2D eigenvalue weighted by molar-refractivity contribution is 6.31. The van der Waals surface area contributed by atoms with Crippen molar-refractivity contribution in [2.75, 3.05) is 17.7 Å². The van der Waals surface area contributed by atoms with E-state index in [9.17, 15) is 0 Å². The van der Waals surface area contributed by atoms with Crippen LogP contribution in [0.2, 0.25) is 5.02 Å². The average Bonchev–Trinajstić information content (AvgIpc) is 2.43. The number of nitriles is 1. The van der Waals surface area contributed by atoms with E-state index in [1.54, 1.807) is 12.1 Å². The largest absolute Gasteiger partial charge is 0.398 e. The third-order valence-corrected chi connectivity index (χ3v) is 3.34. The van der Waals surface area contributed by atoms with Gasteiger partial charge in [-0.05, 0) is 36.4 Å². The second kappa shape index (κ2) is 5.64. The first-order chi connectivity index (χ1) is 9.11. The van der Waals surface area contributed by atoms with E-state index in [2.05, 4.69) is 6.07 Å². The lowest BCUT2D eigenvalue weighted by Gasteiger charge is -2.21. The Labute approximate surface area is 117 Å². The molecule has 3 nitrogen and oxygen atoms in total. The molecule has 0 atom stereocenters. The van der Waals surface area contributed by atoms with Crippen LogP contribution in [0.1, 0.15) is 11.1 Å². The maximum atomic E-state index is 8.78. The molecule has 0 amide bonds. The van der Waals surface area contributed by atoms with Crippen LogP contribution in [-0.4, -0.2) is 7.05 Å². The molecule has 0 radical (unpaired) electrons. The first-order valence-corrected chi connectivity index (χ1v) is 6.24. The summed E-state index contributed by atoms with van der Waals surface area (Å²) in [5, 5.41) is 9.44. The molecule has 2 aromatic rings. The van der Waals surface area contributed by atoms with Gasteiger partial charge in [-0.2, -0.15) is 5.26 Å². The molecule has 0 aromatic heterocycles. The van der Waals surface area contributed by atoms with Crippen LogP contribution >= 0.6 is 11.6 Å². The van der Waals surface area contributed by atoms with Crippen molar-refractivity contribution in [1.82, 2.24) is 0 Å². The lowest BCUT2D eigenvalue weighted by atomic mass is 10.1. The van der Waals surface area contributed by atoms with Crippen molar-refractivity contribution < 1.29 is 0 Å². The monoisotopic (exact) mass is 271 g/mol. The number of halogens is 1. The highest BCUT2D eigenvalue weighted by atomic mass is 35.5. The summed E-state index contributed by atoms with van der Waals surface area (Å²) >= 11 is 6.16. The van der Waals surface area contributed by atoms with Gasteiger partial charge < -0.3 is 10.6 Å². The van der Waals surface area contributed by atoms with Gasteiger partial charge in [0.05, 0.1) is 11.6 Å². The molecule has 0 bridgehead atoms. The normalized spacial score (nSPS) is 9.95. The van der Waals surface area contributed by atoms with Crippen LogP contribution in [0, 0.1) is 11.3 Å². The summed E-state index contributed by atoms with van der Waals surface area (Å²) in [5.41, 5.74) is 9.20. The molecular formula is C15H14ClN3. The standard InChI is InChI=1S/C15H14ClN3/c1-19(12-7-5-11(9-17)6-8-12)10-13-14(16)3-2-4-15(13)18/h2-8H,10,18H2,1H3. The summed E-state index contributed by atoms with van der Waals surface area (Å²) in [6.45, 7) is 0.622. The van der Waals surface area contributed by atoms with Gasteiger partial charge in [0.2, 0.25) is 0 Å². The molecule has 2 aromatic carbocycles. The minimum atomic E-state index is 0.622. The zero-order valence-electron chi connectivity index (χ0n) is 10.6. The molecule has 2 N–H and O–H groups in total. The Morgan fingerprint density at radius 1 is 1.21 bits per heavy atom. The number of hydrogen-bond acceptors (Lipinski definition) is 3. The maximum Gasteiger partial charge on any atom is 0.0991 e. The zero-order chi connectivity index (χ0) is 13.8. The van der Waals surface area contributed by atoms with Crippen LogP contribution in [0.15, 0.2) is 42.5 Å². The predicted octanol–water partition coefficient (Wildman–Crippen LogP) is 3.43. The lowest BCUT2D eigenvalue weighted by molar-refractivity contribution is 0.925. The Balaban J connectivity index is 2.21. The van der Waals surface area contributed by atoms with Gasteiger partial charge in [0.25, 0.3) is 0 Å². The summed E-state index contributed by atoms with van der Waals surface area (Å²) in [6, 6.07) is 15.0. The van der Waals surface area contributed by atoms with Gasteiger partial charge in [0.1, 0.15) is 0 Å². The Bertz CT molecular complexity index is 594. The van der Waals surface area contributed by atoms with Crippen LogP contribution in [0.25, 0.3) is 0 Å². The molecule has 2 rings (SSSR count). The molecule has 0 heterocycles. The topological polar surface area (TPSA) is 53.0 Å². The maximum absolute atomic E-state index is 8.78. The van der Waals surface area contributed by atoms with E-state index in [4.69, 9.17) is 22.6 Å². The van der Waals surface area contributed by atoms with Gasteiger partial charge in [0, 0.05) is 35.6 Å². The van der Waals surface area contributed by atoms with Gasteiger partial charge >= 0.3 is 0 Å². The third kappa shape index (κ3) is 2.98.